The van der Waals surface area contributed by atoms with E-state index >= 15 is 0 Å². The number of nitrogens with zero attached hydrogens (tertiary/aromatic N) is 1. The molecule has 0 aliphatic carbocycles. The van der Waals surface area contributed by atoms with Gasteiger partial charge in [-0.15, -0.1) is 0 Å². The van der Waals surface area contributed by atoms with E-state index in [1.165, 1.54) is 5.56 Å². The molecule has 3 aliphatic heterocycles. The molecule has 2 aromatic carbocycles. The van der Waals surface area contributed by atoms with Crippen LogP contribution in [0.15, 0.2) is 66.7 Å². The van der Waals surface area contributed by atoms with Crippen LogP contribution in [-0.4, -0.2) is 67.6 Å². The average molecular weight is 573 g/mol. The quantitative estimate of drug-likeness (QED) is 0.457. The number of amides is 3. The predicted octanol–water partition coefficient (Wildman–Crippen LogP) is 3.87. The first-order valence-corrected chi connectivity index (χ1v) is 15.4. The van der Waals surface area contributed by atoms with Crippen LogP contribution in [0.1, 0.15) is 50.2 Å². The summed E-state index contributed by atoms with van der Waals surface area (Å²) in [7, 11) is 0. The average Bonchev–Trinajstić information content (AvgIpc) is 3.01. The van der Waals surface area contributed by atoms with Gasteiger partial charge in [0, 0.05) is 44.5 Å². The molecule has 2 saturated heterocycles. The van der Waals surface area contributed by atoms with Crippen molar-refractivity contribution in [2.75, 3.05) is 38.2 Å². The number of hydrogen-bond acceptors (Lipinski definition) is 5. The highest BCUT2D eigenvalue weighted by Gasteiger charge is 2.41. The molecule has 0 bridgehead atoms. The van der Waals surface area contributed by atoms with Crippen molar-refractivity contribution in [3.63, 3.8) is 0 Å². The van der Waals surface area contributed by atoms with Crippen molar-refractivity contribution < 1.29 is 19.1 Å². The molecule has 5 rings (SSSR count). The Morgan fingerprint density at radius 1 is 1.00 bits per heavy atom. The second-order valence-electron chi connectivity index (χ2n) is 12.0. The molecule has 2 aromatic rings. The maximum absolute atomic E-state index is 13.8. The molecular formula is C34H44N4O4. The number of allylic oxidation sites excluding steroid dienone is 2. The predicted molar refractivity (Wildman–Crippen MR) is 164 cm³/mol. The first kappa shape index (κ1) is 30.0. The van der Waals surface area contributed by atoms with Crippen LogP contribution in [0.3, 0.4) is 0 Å². The Morgan fingerprint density at radius 2 is 1.76 bits per heavy atom. The number of aryl methyl sites for hydroxylation is 1. The first-order valence-electron chi connectivity index (χ1n) is 15.4. The number of ether oxygens (including phenoxy) is 1. The highest BCUT2D eigenvalue weighted by atomic mass is 16.5. The molecule has 3 atom stereocenters. The van der Waals surface area contributed by atoms with Gasteiger partial charge in [-0.3, -0.25) is 19.3 Å². The minimum absolute atomic E-state index is 0.0301. The lowest BCUT2D eigenvalue weighted by Crippen LogP contribution is -2.58. The van der Waals surface area contributed by atoms with Gasteiger partial charge in [-0.25, -0.2) is 0 Å². The van der Waals surface area contributed by atoms with Crippen LogP contribution in [0.4, 0.5) is 5.69 Å². The van der Waals surface area contributed by atoms with Gasteiger partial charge in [0.05, 0.1) is 12.0 Å². The van der Waals surface area contributed by atoms with Crippen molar-refractivity contribution in [1.29, 1.82) is 0 Å². The Labute approximate surface area is 249 Å². The zero-order chi connectivity index (χ0) is 29.4. The lowest BCUT2D eigenvalue weighted by atomic mass is 9.75. The number of benzene rings is 2. The maximum atomic E-state index is 13.8. The summed E-state index contributed by atoms with van der Waals surface area (Å²) < 4.78 is 5.60. The molecular weight excluding hydrogens is 528 g/mol. The fourth-order valence-corrected chi connectivity index (χ4v) is 6.43. The smallest absolute Gasteiger partial charge is 0.243 e. The Kier molecular flexibility index (Phi) is 10.1. The number of rotatable bonds is 6. The van der Waals surface area contributed by atoms with Gasteiger partial charge in [0.1, 0.15) is 6.04 Å². The third kappa shape index (κ3) is 7.66. The van der Waals surface area contributed by atoms with Crippen LogP contribution in [0.5, 0.6) is 0 Å². The fraction of sp³-hybridized carbons (Fsp3) is 0.500. The minimum Gasteiger partial charge on any atom is -0.381 e. The van der Waals surface area contributed by atoms with Crippen LogP contribution in [-0.2, 0) is 32.0 Å². The SMILES string of the molecule is CCc1ccc(NC(=O)CN2CC[C@H]3NC(=O)[C@@H](Cc4ccccc4)NC(=O)C4(C/C=C/C[C@@H]3C2)CCOCC4)cc1. The monoisotopic (exact) mass is 572 g/mol. The molecule has 3 amide bonds. The van der Waals surface area contributed by atoms with Gasteiger partial charge < -0.3 is 20.7 Å². The van der Waals surface area contributed by atoms with E-state index in [2.05, 4.69) is 39.9 Å². The van der Waals surface area contributed by atoms with Crippen molar-refractivity contribution in [3.05, 3.63) is 77.9 Å². The molecule has 8 heteroatoms. The van der Waals surface area contributed by atoms with Crippen LogP contribution in [0, 0.1) is 11.3 Å². The van der Waals surface area contributed by atoms with Gasteiger partial charge in [0.2, 0.25) is 17.7 Å². The van der Waals surface area contributed by atoms with Crippen molar-refractivity contribution in [2.45, 2.75) is 64.0 Å². The van der Waals surface area contributed by atoms with Gasteiger partial charge in [-0.1, -0.05) is 61.5 Å². The summed E-state index contributed by atoms with van der Waals surface area (Å²) in [6, 6.07) is 17.1. The van der Waals surface area contributed by atoms with Gasteiger partial charge in [0.15, 0.2) is 0 Å². The van der Waals surface area contributed by atoms with Gasteiger partial charge in [-0.2, -0.15) is 0 Å². The van der Waals surface area contributed by atoms with Crippen molar-refractivity contribution in [2.24, 2.45) is 11.3 Å². The molecule has 42 heavy (non-hydrogen) atoms. The topological polar surface area (TPSA) is 99.8 Å². The van der Waals surface area contributed by atoms with E-state index in [1.807, 2.05) is 54.6 Å². The Morgan fingerprint density at radius 3 is 2.50 bits per heavy atom. The largest absolute Gasteiger partial charge is 0.381 e. The number of fused-ring (bicyclic) bond motifs is 1. The van der Waals surface area contributed by atoms with E-state index in [-0.39, 0.29) is 29.7 Å². The molecule has 0 unspecified atom stereocenters. The highest BCUT2D eigenvalue weighted by Crippen LogP contribution is 2.36. The van der Waals surface area contributed by atoms with E-state index < -0.39 is 11.5 Å². The number of likely N-dealkylation sites (tertiary alicyclic amines) is 1. The Balaban J connectivity index is 1.29. The van der Waals surface area contributed by atoms with E-state index in [0.717, 1.165) is 30.5 Å². The fourth-order valence-electron chi connectivity index (χ4n) is 6.43. The van der Waals surface area contributed by atoms with E-state index in [0.29, 0.717) is 58.5 Å². The normalized spacial score (nSPS) is 25.7. The van der Waals surface area contributed by atoms with Crippen LogP contribution in [0.2, 0.25) is 0 Å². The molecule has 3 aliphatic rings. The van der Waals surface area contributed by atoms with Gasteiger partial charge in [-0.05, 0) is 67.7 Å². The Bertz CT molecular complexity index is 1240. The van der Waals surface area contributed by atoms with Gasteiger partial charge in [0.25, 0.3) is 0 Å². The highest BCUT2D eigenvalue weighted by molar-refractivity contribution is 5.92. The number of carbonyl (C=O) groups excluding carboxylic acids is 3. The molecule has 8 nitrogen and oxygen atoms in total. The number of carbonyl (C=O) groups is 3. The standard InChI is InChI=1S/C34H44N4O4/c1-2-25-11-13-28(14-12-25)35-31(39)24-38-19-15-29-27(23-38)10-6-7-16-34(17-20-42-21-18-34)33(41)37-30(32(40)36-29)22-26-8-4-3-5-9-26/h3-9,11-14,27,29-30H,2,10,15-24H2,1H3,(H,35,39)(H,36,40)(H,37,41)/b7-6+/t27-,29-,30-/m1/s1. The summed E-state index contributed by atoms with van der Waals surface area (Å²) in [5, 5.41) is 9.48. The first-order chi connectivity index (χ1) is 20.4. The number of nitrogens with one attached hydrogen (secondary N) is 3. The third-order valence-electron chi connectivity index (χ3n) is 9.11. The molecule has 1 spiro atoms. The van der Waals surface area contributed by atoms with E-state index in [1.54, 1.807) is 0 Å². The summed E-state index contributed by atoms with van der Waals surface area (Å²) in [5.74, 6) is -0.0734. The van der Waals surface area contributed by atoms with Crippen molar-refractivity contribution in [3.8, 4) is 0 Å². The maximum Gasteiger partial charge on any atom is 0.243 e. The number of piperidine rings is 1. The second kappa shape index (κ2) is 14.1. The van der Waals surface area contributed by atoms with Crippen molar-refractivity contribution in [1.82, 2.24) is 15.5 Å². The molecule has 0 saturated carbocycles. The number of hydrogen-bond donors (Lipinski definition) is 3. The summed E-state index contributed by atoms with van der Waals surface area (Å²) in [6.07, 6.45) is 9.13. The zero-order valence-corrected chi connectivity index (χ0v) is 24.6. The molecule has 3 heterocycles. The Hall–Kier alpha value is -3.49. The molecule has 3 N–H and O–H groups in total. The summed E-state index contributed by atoms with van der Waals surface area (Å²) in [5.41, 5.74) is 2.48. The number of anilines is 1. The lowest BCUT2D eigenvalue weighted by molar-refractivity contribution is -0.140. The summed E-state index contributed by atoms with van der Waals surface area (Å²) in [4.78, 5) is 42.6. The summed E-state index contributed by atoms with van der Waals surface area (Å²) >= 11 is 0. The van der Waals surface area contributed by atoms with Crippen LogP contribution in [0.25, 0.3) is 0 Å². The van der Waals surface area contributed by atoms with E-state index in [9.17, 15) is 14.4 Å². The molecule has 0 aromatic heterocycles. The van der Waals surface area contributed by atoms with Crippen molar-refractivity contribution >= 4 is 23.4 Å². The molecule has 2 fully saturated rings. The zero-order valence-electron chi connectivity index (χ0n) is 24.6. The lowest BCUT2D eigenvalue weighted by Gasteiger charge is -2.40. The third-order valence-corrected chi connectivity index (χ3v) is 9.11. The van der Waals surface area contributed by atoms with E-state index in [4.69, 9.17) is 4.74 Å². The van der Waals surface area contributed by atoms with Crippen LogP contribution >= 0.6 is 0 Å². The van der Waals surface area contributed by atoms with Crippen LogP contribution < -0.4 is 16.0 Å². The second-order valence-corrected chi connectivity index (χ2v) is 12.0. The minimum atomic E-state index is -0.661. The molecule has 224 valence electrons. The molecule has 0 radical (unpaired) electrons. The summed E-state index contributed by atoms with van der Waals surface area (Å²) in [6.45, 7) is 4.94. The van der Waals surface area contributed by atoms with Gasteiger partial charge >= 0.3 is 0 Å².